The highest BCUT2D eigenvalue weighted by molar-refractivity contribution is 6.09. The molecule has 0 aromatic heterocycles. The highest BCUT2D eigenvalue weighted by Gasteiger charge is 2.79. The molecular formula is C29H37N3O4. The summed E-state index contributed by atoms with van der Waals surface area (Å²) in [6.07, 6.45) is 6.38. The van der Waals surface area contributed by atoms with Gasteiger partial charge in [0.1, 0.15) is 11.1 Å². The summed E-state index contributed by atoms with van der Waals surface area (Å²) in [4.78, 5) is 32.6. The van der Waals surface area contributed by atoms with Crippen molar-refractivity contribution < 1.29 is 19.1 Å². The molecule has 5 fully saturated rings. The lowest BCUT2D eigenvalue weighted by Crippen LogP contribution is -2.80. The van der Waals surface area contributed by atoms with E-state index in [-0.39, 0.29) is 28.7 Å². The van der Waals surface area contributed by atoms with E-state index < -0.39 is 16.6 Å². The lowest BCUT2D eigenvalue weighted by atomic mass is 9.56. The van der Waals surface area contributed by atoms with Gasteiger partial charge in [0.2, 0.25) is 11.8 Å². The topological polar surface area (TPSA) is 71.1 Å². The molecule has 2 amide bonds. The van der Waals surface area contributed by atoms with Crippen molar-refractivity contribution >= 4 is 17.5 Å². The number of amides is 2. The number of piperazine rings is 1. The molecule has 0 unspecified atom stereocenters. The summed E-state index contributed by atoms with van der Waals surface area (Å²) in [5.74, 6) is 1.73. The minimum absolute atomic E-state index is 0.0206. The van der Waals surface area contributed by atoms with Crippen LogP contribution in [0.25, 0.3) is 0 Å². The van der Waals surface area contributed by atoms with Gasteiger partial charge < -0.3 is 19.7 Å². The molecule has 1 aliphatic carbocycles. The van der Waals surface area contributed by atoms with Gasteiger partial charge in [0.05, 0.1) is 22.9 Å². The third-order valence-corrected chi connectivity index (χ3v) is 11.3. The number of hydrogen-bond acceptors (Lipinski definition) is 5. The Morgan fingerprint density at radius 3 is 2.67 bits per heavy atom. The molecule has 4 atom stereocenters. The Kier molecular flexibility index (Phi) is 4.07. The molecule has 0 radical (unpaired) electrons. The minimum atomic E-state index is -0.749. The Bertz CT molecular complexity index is 1270. The van der Waals surface area contributed by atoms with E-state index in [0.29, 0.717) is 17.9 Å². The van der Waals surface area contributed by atoms with Gasteiger partial charge in [-0.15, -0.1) is 0 Å². The van der Waals surface area contributed by atoms with Crippen molar-refractivity contribution in [2.75, 3.05) is 25.5 Å². The van der Waals surface area contributed by atoms with E-state index in [1.54, 1.807) is 6.26 Å². The number of carbonyl (C=O) groups excluding carboxylic acids is 2. The van der Waals surface area contributed by atoms with Crippen molar-refractivity contribution in [3.63, 3.8) is 0 Å². The van der Waals surface area contributed by atoms with Gasteiger partial charge in [-0.3, -0.25) is 14.5 Å². The van der Waals surface area contributed by atoms with Crippen molar-refractivity contribution in [2.45, 2.75) is 88.8 Å². The molecule has 7 heteroatoms. The molecule has 7 nitrogen and oxygen atoms in total. The minimum Gasteiger partial charge on any atom is -0.479 e. The number of benzene rings is 1. The lowest BCUT2D eigenvalue weighted by molar-refractivity contribution is -0.196. The van der Waals surface area contributed by atoms with Crippen LogP contribution in [0, 0.1) is 11.3 Å². The van der Waals surface area contributed by atoms with Crippen LogP contribution in [-0.4, -0.2) is 58.4 Å². The molecule has 2 bridgehead atoms. The lowest BCUT2D eigenvalue weighted by Gasteiger charge is -2.67. The van der Waals surface area contributed by atoms with E-state index in [1.807, 2.05) is 33.9 Å². The van der Waals surface area contributed by atoms with Gasteiger partial charge in [-0.05, 0) is 82.4 Å². The molecule has 3 spiro atoms. The molecule has 6 aliphatic heterocycles. The first kappa shape index (κ1) is 22.6. The van der Waals surface area contributed by atoms with Gasteiger partial charge in [-0.25, -0.2) is 0 Å². The smallest absolute Gasteiger partial charge is 0.243 e. The zero-order valence-electron chi connectivity index (χ0n) is 22.3. The maximum absolute atomic E-state index is 14.2. The fourth-order valence-electron chi connectivity index (χ4n) is 8.96. The van der Waals surface area contributed by atoms with Crippen molar-refractivity contribution in [3.8, 4) is 11.5 Å². The van der Waals surface area contributed by atoms with Gasteiger partial charge in [-0.2, -0.15) is 0 Å². The Morgan fingerprint density at radius 1 is 1.11 bits per heavy atom. The summed E-state index contributed by atoms with van der Waals surface area (Å²) in [6.45, 7) is 12.4. The van der Waals surface area contributed by atoms with E-state index in [4.69, 9.17) is 9.47 Å². The van der Waals surface area contributed by atoms with Crippen molar-refractivity contribution in [3.05, 3.63) is 29.5 Å². The predicted octanol–water partition coefficient (Wildman–Crippen LogP) is 4.22. The summed E-state index contributed by atoms with van der Waals surface area (Å²) in [5.41, 5.74) is 0.313. The van der Waals surface area contributed by atoms with Crippen LogP contribution in [0.2, 0.25) is 0 Å². The molecule has 1 aromatic carbocycles. The second-order valence-corrected chi connectivity index (χ2v) is 13.2. The first-order valence-electron chi connectivity index (χ1n) is 13.5. The Labute approximate surface area is 213 Å². The third kappa shape index (κ3) is 2.27. The number of hydrogen-bond donors (Lipinski definition) is 1. The van der Waals surface area contributed by atoms with Crippen LogP contribution < -0.4 is 14.8 Å². The van der Waals surface area contributed by atoms with Crippen LogP contribution in [0.1, 0.15) is 72.3 Å². The second-order valence-electron chi connectivity index (χ2n) is 13.2. The summed E-state index contributed by atoms with van der Waals surface area (Å²) < 4.78 is 12.5. The first-order valence-corrected chi connectivity index (χ1v) is 13.5. The molecule has 1 N–H and O–H groups in total. The van der Waals surface area contributed by atoms with E-state index in [9.17, 15) is 9.59 Å². The van der Waals surface area contributed by atoms with Crippen LogP contribution in [0.15, 0.2) is 24.0 Å². The molecule has 4 saturated heterocycles. The van der Waals surface area contributed by atoms with E-state index in [1.165, 1.54) is 0 Å². The first-order chi connectivity index (χ1) is 16.9. The number of rotatable bonds is 0. The summed E-state index contributed by atoms with van der Waals surface area (Å²) >= 11 is 0. The van der Waals surface area contributed by atoms with Crippen LogP contribution in [0.5, 0.6) is 11.5 Å². The maximum atomic E-state index is 14.2. The van der Waals surface area contributed by atoms with Gasteiger partial charge >= 0.3 is 0 Å². The summed E-state index contributed by atoms with van der Waals surface area (Å²) in [5, 5.41) is 3.25. The highest BCUT2D eigenvalue weighted by Crippen LogP contribution is 2.72. The normalized spacial score (nSPS) is 39.3. The fourth-order valence-corrected chi connectivity index (χ4v) is 8.96. The summed E-state index contributed by atoms with van der Waals surface area (Å²) in [6, 6.07) is 4.04. The Hall–Kier alpha value is -2.54. The fraction of sp³-hybridized carbons (Fsp3) is 0.655. The number of nitrogens with one attached hydrogen (secondary N) is 1. The molecule has 36 heavy (non-hydrogen) atoms. The van der Waals surface area contributed by atoms with Crippen molar-refractivity contribution in [2.24, 2.45) is 11.3 Å². The second kappa shape index (κ2) is 6.47. The Morgan fingerprint density at radius 2 is 1.89 bits per heavy atom. The Balaban J connectivity index is 1.41. The molecule has 192 valence electrons. The van der Waals surface area contributed by atoms with Crippen LogP contribution >= 0.6 is 0 Å². The van der Waals surface area contributed by atoms with Crippen LogP contribution in [0.3, 0.4) is 0 Å². The van der Waals surface area contributed by atoms with Crippen LogP contribution in [-0.2, 0) is 15.0 Å². The third-order valence-electron chi connectivity index (χ3n) is 11.3. The van der Waals surface area contributed by atoms with Gasteiger partial charge in [0.25, 0.3) is 0 Å². The zero-order valence-corrected chi connectivity index (χ0v) is 22.3. The monoisotopic (exact) mass is 491 g/mol. The number of anilines is 1. The number of fused-ring (bicyclic) bond motifs is 5. The summed E-state index contributed by atoms with van der Waals surface area (Å²) in [7, 11) is 1.99. The van der Waals surface area contributed by atoms with Crippen molar-refractivity contribution in [1.29, 1.82) is 0 Å². The molecule has 1 saturated carbocycles. The standard InChI is InChI=1S/C29H37N3O4/c1-17-14-35-22-19(36-26(17,4)5)10-9-18-21(22)30-23(33)29(18)15-28-16-32-12-8-7-11-27(32,24(34)31(28)6)13-20(28)25(29,2)3/h9-10,14,20H,7-8,11-13,15-16H2,1-6H3,(H,30,33)/t20-,27+,28-,29-/m1/s1. The number of nitrogens with zero attached hydrogens (tertiary/aromatic N) is 2. The quantitative estimate of drug-likeness (QED) is 0.589. The SMILES string of the molecule is CC1=COc2c(ccc3c2NC(=O)[C@@]32C[C@@]34CN5CCCC[C@]5(C[C@@H]3C2(C)C)C(=O)N4C)OC1(C)C. The maximum Gasteiger partial charge on any atom is 0.243 e. The van der Waals surface area contributed by atoms with Gasteiger partial charge in [-0.1, -0.05) is 19.9 Å². The number of carbonyl (C=O) groups is 2. The van der Waals surface area contributed by atoms with Crippen LogP contribution in [0.4, 0.5) is 5.69 Å². The average Bonchev–Trinajstić information content (AvgIpc) is 3.18. The molecule has 7 aliphatic rings. The van der Waals surface area contributed by atoms with Gasteiger partial charge in [0, 0.05) is 19.2 Å². The van der Waals surface area contributed by atoms with Gasteiger partial charge in [0.15, 0.2) is 11.5 Å². The average molecular weight is 492 g/mol. The number of piperidine rings is 3. The molecule has 1 aromatic rings. The number of likely N-dealkylation sites (N-methyl/N-ethyl adjacent to an activating group) is 1. The van der Waals surface area contributed by atoms with Crippen molar-refractivity contribution in [1.82, 2.24) is 9.80 Å². The largest absolute Gasteiger partial charge is 0.479 e. The highest BCUT2D eigenvalue weighted by atomic mass is 16.5. The van der Waals surface area contributed by atoms with E-state index in [0.717, 1.165) is 55.6 Å². The molecule has 8 rings (SSSR count). The van der Waals surface area contributed by atoms with E-state index >= 15 is 0 Å². The van der Waals surface area contributed by atoms with E-state index in [2.05, 4.69) is 35.0 Å². The molecule has 6 heterocycles. The zero-order chi connectivity index (χ0) is 25.5. The molecular weight excluding hydrogens is 454 g/mol. The number of ether oxygens (including phenoxy) is 2. The predicted molar refractivity (Wildman–Crippen MR) is 136 cm³/mol.